The van der Waals surface area contributed by atoms with Gasteiger partial charge in [0.1, 0.15) is 31.6 Å². The summed E-state index contributed by atoms with van der Waals surface area (Å²) in [5.41, 5.74) is 7.38. The van der Waals surface area contributed by atoms with E-state index in [1.165, 1.54) is 6.92 Å². The van der Waals surface area contributed by atoms with Crippen LogP contribution in [-0.4, -0.2) is 86.8 Å². The van der Waals surface area contributed by atoms with Gasteiger partial charge in [0, 0.05) is 53.6 Å². The van der Waals surface area contributed by atoms with Gasteiger partial charge in [0.05, 0.1) is 37.6 Å². The summed E-state index contributed by atoms with van der Waals surface area (Å²) in [6.07, 6.45) is 1.19. The van der Waals surface area contributed by atoms with E-state index in [4.69, 9.17) is 37.9 Å². The van der Waals surface area contributed by atoms with E-state index in [-0.39, 0.29) is 25.2 Å². The normalized spacial score (nSPS) is 25.3. The van der Waals surface area contributed by atoms with Crippen LogP contribution < -0.4 is 38.5 Å². The molecule has 69 heavy (non-hydrogen) atoms. The second kappa shape index (κ2) is 17.8. The lowest BCUT2D eigenvalue weighted by Crippen LogP contribution is -2.69. The van der Waals surface area contributed by atoms with Gasteiger partial charge in [0.15, 0.2) is 40.0 Å². The number of hydrogen-bond acceptors (Lipinski definition) is 15. The number of nitrogens with one attached hydrogen (secondary N) is 1. The Hall–Kier alpha value is -6.44. The molecule has 7 aliphatic heterocycles. The Morgan fingerprint density at radius 1 is 0.870 bits per heavy atom. The van der Waals surface area contributed by atoms with Crippen LogP contribution in [0.4, 0.5) is 0 Å². The second-order valence-corrected chi connectivity index (χ2v) is 19.7. The number of hydrogen-bond donors (Lipinski definition) is 1. The van der Waals surface area contributed by atoms with Crippen molar-refractivity contribution in [2.24, 2.45) is 0 Å². The van der Waals surface area contributed by atoms with Crippen LogP contribution in [0.2, 0.25) is 0 Å². The maximum absolute atomic E-state index is 15.3. The van der Waals surface area contributed by atoms with Gasteiger partial charge in [-0.05, 0) is 79.3 Å². The number of thioether (sulfide) groups is 1. The fourth-order valence-electron chi connectivity index (χ4n) is 11.9. The predicted molar refractivity (Wildman–Crippen MR) is 256 cm³/mol. The number of nitriles is 1. The minimum atomic E-state index is -1.34. The highest BCUT2D eigenvalue weighted by Gasteiger charge is 2.62. The van der Waals surface area contributed by atoms with Gasteiger partial charge in [0.2, 0.25) is 6.79 Å². The first-order valence-electron chi connectivity index (χ1n) is 23.4. The number of fused-ring (bicyclic) bond motifs is 9. The zero-order chi connectivity index (χ0) is 47.7. The summed E-state index contributed by atoms with van der Waals surface area (Å²) < 4.78 is 51.1. The minimum absolute atomic E-state index is 0.0487. The van der Waals surface area contributed by atoms with Gasteiger partial charge < -0.3 is 37.9 Å². The molecule has 4 bridgehead atoms. The maximum atomic E-state index is 15.3. The van der Waals surface area contributed by atoms with Gasteiger partial charge >= 0.3 is 11.9 Å². The van der Waals surface area contributed by atoms with Gasteiger partial charge in [0.25, 0.3) is 0 Å². The summed E-state index contributed by atoms with van der Waals surface area (Å²) in [5, 5.41) is 14.6. The number of aryl methyl sites for hydroxylation is 1. The summed E-state index contributed by atoms with van der Waals surface area (Å²) in [6, 6.07) is 26.3. The average Bonchev–Trinajstić information content (AvgIpc) is 3.85. The number of benzene rings is 5. The average molecular weight is 951 g/mol. The Kier molecular flexibility index (Phi) is 11.6. The highest BCUT2D eigenvalue weighted by atomic mass is 32.2. The number of piperazine rings is 1. The Morgan fingerprint density at radius 3 is 2.29 bits per heavy atom. The fourth-order valence-corrected chi connectivity index (χ4v) is 13.6. The lowest BCUT2D eigenvalue weighted by molar-refractivity contribution is -0.157. The number of carbonyl (C=O) groups excluding carboxylic acids is 2. The van der Waals surface area contributed by atoms with Crippen LogP contribution in [0.5, 0.6) is 40.2 Å². The lowest BCUT2D eigenvalue weighted by atomic mass is 9.71. The number of esters is 2. The summed E-state index contributed by atoms with van der Waals surface area (Å²) in [7, 11) is 5.36. The number of likely N-dealkylation sites (N-methyl/N-ethyl adjacent to an activating group) is 1. The molecule has 15 heteroatoms. The molecule has 1 N–H and O–H groups in total. The zero-order valence-electron chi connectivity index (χ0n) is 39.5. The first kappa shape index (κ1) is 45.0. The largest absolute Gasteiger partial charge is 0.493 e. The molecule has 0 saturated carbocycles. The van der Waals surface area contributed by atoms with E-state index < -0.39 is 46.9 Å². The third-order valence-corrected chi connectivity index (χ3v) is 16.3. The van der Waals surface area contributed by atoms with Gasteiger partial charge in [-0.3, -0.25) is 19.9 Å². The van der Waals surface area contributed by atoms with Gasteiger partial charge in [-0.15, -0.1) is 11.8 Å². The van der Waals surface area contributed by atoms with Crippen LogP contribution >= 0.6 is 11.8 Å². The van der Waals surface area contributed by atoms with E-state index in [0.717, 1.165) is 44.5 Å². The smallest absolute Gasteiger partial charge is 0.331 e. The zero-order valence-corrected chi connectivity index (χ0v) is 40.3. The van der Waals surface area contributed by atoms with E-state index in [0.29, 0.717) is 84.0 Å². The van der Waals surface area contributed by atoms with E-state index in [1.54, 1.807) is 26.0 Å². The second-order valence-electron chi connectivity index (χ2n) is 18.6. The van der Waals surface area contributed by atoms with Crippen molar-refractivity contribution >= 4 is 23.7 Å². The Balaban J connectivity index is 1.11. The third-order valence-electron chi connectivity index (χ3n) is 14.9. The highest BCUT2D eigenvalue weighted by molar-refractivity contribution is 7.99. The molecule has 5 aromatic carbocycles. The molecule has 7 heterocycles. The number of ether oxygens (including phenoxy) is 8. The molecule has 2 saturated heterocycles. The molecule has 356 valence electrons. The Labute approximate surface area is 405 Å². The Morgan fingerprint density at radius 2 is 1.59 bits per heavy atom. The van der Waals surface area contributed by atoms with Gasteiger partial charge in [-0.2, -0.15) is 5.26 Å². The highest BCUT2D eigenvalue weighted by Crippen LogP contribution is 2.65. The molecule has 1 spiro atoms. The number of rotatable bonds is 9. The molecule has 0 amide bonds. The Bertz CT molecular complexity index is 2910. The number of carbonyl (C=O) groups is 2. The van der Waals surface area contributed by atoms with Crippen LogP contribution in [0.25, 0.3) is 0 Å². The van der Waals surface area contributed by atoms with Crippen LogP contribution in [0, 0.1) is 25.2 Å². The summed E-state index contributed by atoms with van der Waals surface area (Å²) in [5.74, 6) is 2.93. The molecule has 1 unspecified atom stereocenters. The molecule has 7 atom stereocenters. The molecule has 0 aliphatic carbocycles. The van der Waals surface area contributed by atoms with Crippen molar-refractivity contribution in [3.8, 4) is 46.3 Å². The van der Waals surface area contributed by atoms with Gasteiger partial charge in [-0.1, -0.05) is 66.7 Å². The van der Waals surface area contributed by atoms with Crippen molar-refractivity contribution in [1.29, 1.82) is 5.26 Å². The van der Waals surface area contributed by atoms with Gasteiger partial charge in [-0.25, -0.2) is 4.79 Å². The predicted octanol–water partition coefficient (Wildman–Crippen LogP) is 7.73. The van der Waals surface area contributed by atoms with Crippen LogP contribution in [0.15, 0.2) is 78.9 Å². The molecule has 0 aromatic heterocycles. The van der Waals surface area contributed by atoms with E-state index in [9.17, 15) is 10.1 Å². The number of methoxy groups -OCH3 is 2. The van der Waals surface area contributed by atoms with Crippen LogP contribution in [0.1, 0.15) is 79.9 Å². The van der Waals surface area contributed by atoms with Crippen LogP contribution in [-0.2, 0) is 45.9 Å². The number of nitrogens with zero attached hydrogens (tertiary/aromatic N) is 3. The quantitative estimate of drug-likeness (QED) is 0.113. The summed E-state index contributed by atoms with van der Waals surface area (Å²) in [4.78, 5) is 33.2. The first-order valence-corrected chi connectivity index (χ1v) is 24.4. The van der Waals surface area contributed by atoms with E-state index >= 15 is 4.79 Å². The fraction of sp³-hybridized carbons (Fsp3) is 0.389. The molecular weight excluding hydrogens is 897 g/mol. The van der Waals surface area contributed by atoms with E-state index in [2.05, 4.69) is 34.3 Å². The molecular formula is C54H54N4O10S. The topological polar surface area (TPSA) is 150 Å². The summed E-state index contributed by atoms with van der Waals surface area (Å²) in [6.45, 7) is 6.24. The molecule has 7 aliphatic rings. The molecule has 5 aromatic rings. The molecule has 14 nitrogen and oxygen atoms in total. The van der Waals surface area contributed by atoms with E-state index in [1.807, 2.05) is 86.6 Å². The summed E-state index contributed by atoms with van der Waals surface area (Å²) >= 11 is 1.57. The molecule has 12 rings (SSSR count). The molecule has 0 radical (unpaired) electrons. The minimum Gasteiger partial charge on any atom is -0.493 e. The molecule has 2 fully saturated rings. The third kappa shape index (κ3) is 7.25. The van der Waals surface area contributed by atoms with Crippen molar-refractivity contribution < 1.29 is 47.5 Å². The lowest BCUT2D eigenvalue weighted by Gasteiger charge is -2.62. The van der Waals surface area contributed by atoms with Crippen molar-refractivity contribution in [3.63, 3.8) is 0 Å². The van der Waals surface area contributed by atoms with Crippen molar-refractivity contribution in [2.75, 3.05) is 47.0 Å². The van der Waals surface area contributed by atoms with Crippen molar-refractivity contribution in [1.82, 2.24) is 15.1 Å². The van der Waals surface area contributed by atoms with Crippen molar-refractivity contribution in [2.45, 2.75) is 87.8 Å². The van der Waals surface area contributed by atoms with Crippen molar-refractivity contribution in [3.05, 3.63) is 134 Å². The monoisotopic (exact) mass is 950 g/mol. The SMILES string of the molecule is COc1cc2c(cc1OCc1ccccc1)CCN[C@]21CS[C@@H]2c3c(OC(C)=O)c(C)c4c(c3[C@H](COC1=O)N1C2[C@@H]2c3c(cc(C)c(OC)c3OCc3ccccc3)C[C@@H]([C@@H]1C#N)N2C)OCO4. The van der Waals surface area contributed by atoms with Crippen LogP contribution in [0.3, 0.4) is 0 Å². The standard InChI is InChI=1S/C54H54N4O10S/c1-29-19-35-20-37-38(23-55)58-39-26-65-53(60)54(36-22-40(61-5)41(21-34(36)17-18-56-54)63-24-32-13-9-7-10-14-32)27-69-52(44-43(39)51-49(66-28-67-51)30(2)48(44)68-31(3)59)46(58)45(57(37)4)42(35)50(47(29)62-6)64-25-33-15-11-8-12-16-33/h7-16,19,21-22,37-39,45-46,52,56H,17-18,20,24-28H2,1-6H3/t37-,38-,39-,45-,46?,52+,54+/m0/s1. The maximum Gasteiger partial charge on any atom is 0.331 e. The first-order chi connectivity index (χ1) is 33.6.